The third-order valence-electron chi connectivity index (χ3n) is 7.81. The van der Waals surface area contributed by atoms with E-state index in [1.807, 2.05) is 0 Å². The van der Waals surface area contributed by atoms with Crippen molar-refractivity contribution >= 4 is 24.0 Å². The third-order valence-corrected chi connectivity index (χ3v) is 7.81. The van der Waals surface area contributed by atoms with Gasteiger partial charge >= 0.3 is 12.1 Å². The van der Waals surface area contributed by atoms with E-state index in [1.54, 1.807) is 0 Å². The molecule has 0 aromatic carbocycles. The molecule has 0 bridgehead atoms. The molecule has 6 N–H and O–H groups in total. The van der Waals surface area contributed by atoms with Gasteiger partial charge in [0.15, 0.2) is 0 Å². The first-order valence-corrected chi connectivity index (χ1v) is 16.6. The maximum absolute atomic E-state index is 12.3. The van der Waals surface area contributed by atoms with Crippen molar-refractivity contribution in [1.82, 2.24) is 30.6 Å². The van der Waals surface area contributed by atoms with Crippen LogP contribution in [0, 0.1) is 11.8 Å². The van der Waals surface area contributed by atoms with Gasteiger partial charge in [0.1, 0.15) is 0 Å². The lowest BCUT2D eigenvalue weighted by Gasteiger charge is -2.14. The van der Waals surface area contributed by atoms with Gasteiger partial charge in [-0.05, 0) is 37.5 Å². The van der Waals surface area contributed by atoms with Crippen molar-refractivity contribution in [3.8, 4) is 0 Å². The lowest BCUT2D eigenvalue weighted by Crippen LogP contribution is -2.31. The summed E-state index contributed by atoms with van der Waals surface area (Å²) < 4.78 is 0. The van der Waals surface area contributed by atoms with Gasteiger partial charge < -0.3 is 10.6 Å². The second-order valence-electron chi connectivity index (χ2n) is 11.6. The normalized spacial score (nSPS) is 12.4. The molecule has 4 amide bonds. The van der Waals surface area contributed by atoms with Gasteiger partial charge in [-0.2, -0.15) is 0 Å². The van der Waals surface area contributed by atoms with Crippen LogP contribution < -0.4 is 32.4 Å². The number of hydrogen-bond acceptors (Lipinski definition) is 6. The smallest absolute Gasteiger partial charge is 0.321 e. The van der Waals surface area contributed by atoms with Crippen LogP contribution in [0.2, 0.25) is 0 Å². The van der Waals surface area contributed by atoms with Crippen LogP contribution in [0.5, 0.6) is 0 Å². The largest absolute Gasteiger partial charge is 0.338 e. The average Bonchev–Trinajstić information content (AvgIpc) is 2.98. The number of H-pyrrole nitrogens is 2. The van der Waals surface area contributed by atoms with E-state index >= 15 is 0 Å². The summed E-state index contributed by atoms with van der Waals surface area (Å²) in [5.74, 6) is 1.24. The number of nitrogens with zero attached hydrogens (tertiary/aromatic N) is 2. The summed E-state index contributed by atoms with van der Waals surface area (Å²) in [6.45, 7) is 9.58. The Morgan fingerprint density at radius 3 is 1.43 bits per heavy atom. The van der Waals surface area contributed by atoms with Crippen LogP contribution in [-0.4, -0.2) is 45.1 Å². The number of urea groups is 2. The molecule has 0 aliphatic heterocycles. The first kappa shape index (κ1) is 36.5. The summed E-state index contributed by atoms with van der Waals surface area (Å²) >= 11 is 0. The van der Waals surface area contributed by atoms with E-state index in [-0.39, 0.29) is 23.0 Å². The molecule has 0 aliphatic rings. The Bertz CT molecular complexity index is 1150. The predicted molar refractivity (Wildman–Crippen MR) is 176 cm³/mol. The van der Waals surface area contributed by atoms with E-state index < -0.39 is 12.1 Å². The van der Waals surface area contributed by atoms with Gasteiger partial charge in [0, 0.05) is 25.2 Å². The first-order chi connectivity index (χ1) is 21.3. The van der Waals surface area contributed by atoms with Gasteiger partial charge in [0.2, 0.25) is 11.9 Å². The molecule has 2 heterocycles. The lowest BCUT2D eigenvalue weighted by atomic mass is 9.94. The first-order valence-electron chi connectivity index (χ1n) is 16.6. The zero-order valence-corrected chi connectivity index (χ0v) is 27.2. The molecule has 0 saturated carbocycles. The number of rotatable bonds is 21. The van der Waals surface area contributed by atoms with Crippen LogP contribution in [0.4, 0.5) is 21.5 Å². The fourth-order valence-electron chi connectivity index (χ4n) is 5.13. The summed E-state index contributed by atoms with van der Waals surface area (Å²) in [5, 5.41) is 10.8. The van der Waals surface area contributed by atoms with Gasteiger partial charge in [-0.1, -0.05) is 91.9 Å². The number of hydrogen-bond donors (Lipinski definition) is 6. The second-order valence-corrected chi connectivity index (χ2v) is 11.6. The number of anilines is 2. The number of unbranched alkanes of at least 4 members (excludes halogenated alkanes) is 5. The molecule has 12 nitrogen and oxygen atoms in total. The molecule has 2 rings (SSSR count). The predicted octanol–water partition coefficient (Wildman–Crippen LogP) is 5.87. The van der Waals surface area contributed by atoms with Crippen LogP contribution in [0.25, 0.3) is 0 Å². The average molecular weight is 615 g/mol. The Morgan fingerprint density at radius 2 is 1.07 bits per heavy atom. The topological polar surface area (TPSA) is 174 Å². The monoisotopic (exact) mass is 614 g/mol. The molecule has 0 saturated heterocycles. The summed E-state index contributed by atoms with van der Waals surface area (Å²) in [6.07, 6.45) is 13.5. The molecule has 2 aromatic heterocycles. The Kier molecular flexibility index (Phi) is 17.5. The maximum Gasteiger partial charge on any atom is 0.321 e. The highest BCUT2D eigenvalue weighted by Gasteiger charge is 2.13. The van der Waals surface area contributed by atoms with Gasteiger partial charge in [-0.3, -0.25) is 30.2 Å². The molecule has 0 aliphatic carbocycles. The van der Waals surface area contributed by atoms with Crippen LogP contribution >= 0.6 is 0 Å². The summed E-state index contributed by atoms with van der Waals surface area (Å²) in [4.78, 5) is 62.8. The minimum Gasteiger partial charge on any atom is -0.338 e. The van der Waals surface area contributed by atoms with E-state index in [4.69, 9.17) is 0 Å². The second kappa shape index (κ2) is 21.1. The number of nitrogens with one attached hydrogen (secondary N) is 6. The number of aromatic amines is 2. The van der Waals surface area contributed by atoms with Crippen LogP contribution in [0.1, 0.15) is 116 Å². The molecular weight excluding hydrogens is 560 g/mol. The zero-order valence-electron chi connectivity index (χ0n) is 27.2. The van der Waals surface area contributed by atoms with E-state index in [0.29, 0.717) is 36.3 Å². The molecule has 2 unspecified atom stereocenters. The van der Waals surface area contributed by atoms with Crippen molar-refractivity contribution < 1.29 is 9.59 Å². The standard InChI is InChI=1S/C32H54N8O4/c1-5-9-15-23(7-3)19-25-21-27(41)37-29(35-25)39-31(43)33-17-13-11-12-14-18-34-32(44)40-30-36-26(22-28(42)38-30)20-24(8-4)16-10-6-2/h21-24H,5-20H2,1-4H3,(H3,33,35,37,39,41,43)(H3,34,36,38,40,42,44). The van der Waals surface area contributed by atoms with E-state index in [1.165, 1.54) is 12.1 Å². The van der Waals surface area contributed by atoms with Crippen molar-refractivity contribution in [3.05, 3.63) is 44.2 Å². The summed E-state index contributed by atoms with van der Waals surface area (Å²) in [5.41, 5.74) is 0.823. The van der Waals surface area contributed by atoms with Crippen LogP contribution in [0.3, 0.4) is 0 Å². The van der Waals surface area contributed by atoms with Crippen molar-refractivity contribution in [1.29, 1.82) is 0 Å². The molecule has 0 spiro atoms. The van der Waals surface area contributed by atoms with Crippen molar-refractivity contribution in [3.63, 3.8) is 0 Å². The molecule has 2 atom stereocenters. The minimum absolute atomic E-state index is 0.155. The Morgan fingerprint density at radius 1 is 0.659 bits per heavy atom. The number of amides is 4. The number of aromatic nitrogens is 4. The molecule has 12 heteroatoms. The summed E-state index contributed by atoms with van der Waals surface area (Å²) in [7, 11) is 0. The molecule has 246 valence electrons. The van der Waals surface area contributed by atoms with Gasteiger partial charge in [-0.15, -0.1) is 0 Å². The Labute approximate surface area is 261 Å². The summed E-state index contributed by atoms with van der Waals surface area (Å²) in [6, 6.07) is 2.18. The van der Waals surface area contributed by atoms with Gasteiger partial charge in [0.25, 0.3) is 11.1 Å². The van der Waals surface area contributed by atoms with Crippen molar-refractivity contribution in [2.24, 2.45) is 11.8 Å². The van der Waals surface area contributed by atoms with Gasteiger partial charge in [0.05, 0.1) is 11.4 Å². The lowest BCUT2D eigenvalue weighted by molar-refractivity contribution is 0.250. The van der Waals surface area contributed by atoms with Crippen LogP contribution in [0.15, 0.2) is 21.7 Å². The zero-order chi connectivity index (χ0) is 32.2. The third kappa shape index (κ3) is 15.2. The van der Waals surface area contributed by atoms with Crippen molar-refractivity contribution in [2.75, 3.05) is 23.7 Å². The Balaban J connectivity index is 1.64. The minimum atomic E-state index is -0.413. The number of carbonyl (C=O) groups is 2. The molecule has 0 fully saturated rings. The highest BCUT2D eigenvalue weighted by molar-refractivity contribution is 5.87. The quantitative estimate of drug-likeness (QED) is 0.0958. The van der Waals surface area contributed by atoms with E-state index in [9.17, 15) is 19.2 Å². The maximum atomic E-state index is 12.3. The van der Waals surface area contributed by atoms with Gasteiger partial charge in [-0.25, -0.2) is 19.6 Å². The molecule has 2 aromatic rings. The fraction of sp³-hybridized carbons (Fsp3) is 0.688. The van der Waals surface area contributed by atoms with E-state index in [0.717, 1.165) is 89.9 Å². The van der Waals surface area contributed by atoms with Crippen molar-refractivity contribution in [2.45, 2.75) is 118 Å². The highest BCUT2D eigenvalue weighted by atomic mass is 16.2. The SMILES string of the molecule is CCCCC(CC)Cc1cc(=O)[nH]c(NC(=O)NCCCCCCNC(=O)Nc2nc(CC(CC)CCCC)cc(=O)[nH]2)n1. The number of carbonyl (C=O) groups excluding carboxylic acids is 2. The fourth-order valence-corrected chi connectivity index (χ4v) is 5.13. The van der Waals surface area contributed by atoms with Crippen LogP contribution in [-0.2, 0) is 12.8 Å². The van der Waals surface area contributed by atoms with E-state index in [2.05, 4.69) is 68.9 Å². The molecular formula is C32H54N8O4. The molecule has 44 heavy (non-hydrogen) atoms. The molecule has 0 radical (unpaired) electrons. The Hall–Kier alpha value is -3.70. The highest BCUT2D eigenvalue weighted by Crippen LogP contribution is 2.18.